The molecule has 0 fully saturated rings. The summed E-state index contributed by atoms with van der Waals surface area (Å²) >= 11 is 0. The maximum absolute atomic E-state index is 12.2. The van der Waals surface area contributed by atoms with Gasteiger partial charge in [-0.15, -0.1) is 0 Å². The van der Waals surface area contributed by atoms with Gasteiger partial charge in [0, 0.05) is 0 Å². The van der Waals surface area contributed by atoms with Gasteiger partial charge < -0.3 is 24.3 Å². The van der Waals surface area contributed by atoms with Crippen LogP contribution in [-0.4, -0.2) is 39.3 Å². The van der Waals surface area contributed by atoms with Crippen molar-refractivity contribution in [1.29, 1.82) is 0 Å². The molecule has 0 bridgehead atoms. The van der Waals surface area contributed by atoms with Crippen LogP contribution in [0.5, 0.6) is 17.2 Å². The number of ether oxygens (including phenoxy) is 4. The molecule has 7 heteroatoms. The molecule has 27 heavy (non-hydrogen) atoms. The van der Waals surface area contributed by atoms with Crippen LogP contribution in [0.2, 0.25) is 0 Å². The molecule has 0 aliphatic heterocycles. The Bertz CT molecular complexity index is 818. The lowest BCUT2D eigenvalue weighted by Crippen LogP contribution is -2.21. The van der Waals surface area contributed by atoms with Crippen molar-refractivity contribution < 1.29 is 28.5 Å². The number of carbonyl (C=O) groups is 2. The van der Waals surface area contributed by atoms with Crippen LogP contribution in [0, 0.1) is 6.92 Å². The quantitative estimate of drug-likeness (QED) is 0.716. The third-order valence-electron chi connectivity index (χ3n) is 3.66. The van der Waals surface area contributed by atoms with Gasteiger partial charge in [0.25, 0.3) is 5.91 Å². The van der Waals surface area contributed by atoms with Crippen LogP contribution in [0.3, 0.4) is 0 Å². The lowest BCUT2D eigenvalue weighted by molar-refractivity contribution is -0.119. The van der Waals surface area contributed by atoms with Gasteiger partial charge in [-0.3, -0.25) is 4.79 Å². The smallest absolute Gasteiger partial charge is 0.338 e. The zero-order valence-corrected chi connectivity index (χ0v) is 15.8. The van der Waals surface area contributed by atoms with Crippen LogP contribution in [0.4, 0.5) is 5.69 Å². The summed E-state index contributed by atoms with van der Waals surface area (Å²) in [5.74, 6) is 0.369. The molecule has 0 saturated heterocycles. The van der Waals surface area contributed by atoms with Crippen LogP contribution in [0.1, 0.15) is 22.8 Å². The van der Waals surface area contributed by atoms with Gasteiger partial charge in [-0.1, -0.05) is 6.07 Å². The Balaban J connectivity index is 2.00. The van der Waals surface area contributed by atoms with Crippen molar-refractivity contribution in [2.45, 2.75) is 13.8 Å². The highest BCUT2D eigenvalue weighted by molar-refractivity contribution is 5.96. The van der Waals surface area contributed by atoms with Crippen molar-refractivity contribution in [3.8, 4) is 17.2 Å². The lowest BCUT2D eigenvalue weighted by atomic mass is 10.2. The van der Waals surface area contributed by atoms with E-state index in [0.29, 0.717) is 29.5 Å². The molecule has 0 aliphatic carbocycles. The first-order valence-electron chi connectivity index (χ1n) is 8.41. The molecule has 0 aromatic heterocycles. The number of amides is 1. The Morgan fingerprint density at radius 1 is 0.963 bits per heavy atom. The molecule has 2 rings (SSSR count). The van der Waals surface area contributed by atoms with Crippen molar-refractivity contribution in [3.05, 3.63) is 47.5 Å². The van der Waals surface area contributed by atoms with Crippen molar-refractivity contribution >= 4 is 17.6 Å². The zero-order chi connectivity index (χ0) is 19.8. The van der Waals surface area contributed by atoms with E-state index in [1.54, 1.807) is 24.3 Å². The number of aryl methyl sites for hydroxylation is 1. The van der Waals surface area contributed by atoms with E-state index in [2.05, 4.69) is 5.32 Å². The van der Waals surface area contributed by atoms with Gasteiger partial charge in [0.15, 0.2) is 18.1 Å². The monoisotopic (exact) mass is 373 g/mol. The van der Waals surface area contributed by atoms with Crippen LogP contribution in [0.25, 0.3) is 0 Å². The fourth-order valence-corrected chi connectivity index (χ4v) is 2.39. The summed E-state index contributed by atoms with van der Waals surface area (Å²) in [5, 5.41) is 2.67. The Hall–Kier alpha value is -3.22. The first kappa shape index (κ1) is 20.1. The molecular formula is C20H23NO6. The molecule has 2 aromatic carbocycles. The van der Waals surface area contributed by atoms with Crippen LogP contribution in [-0.2, 0) is 9.53 Å². The molecule has 0 unspecified atom stereocenters. The van der Waals surface area contributed by atoms with Gasteiger partial charge in [-0.05, 0) is 49.7 Å². The maximum Gasteiger partial charge on any atom is 0.338 e. The van der Waals surface area contributed by atoms with E-state index in [0.717, 1.165) is 5.56 Å². The van der Waals surface area contributed by atoms with E-state index >= 15 is 0 Å². The third-order valence-corrected chi connectivity index (χ3v) is 3.66. The second kappa shape index (κ2) is 9.47. The number of anilines is 1. The summed E-state index contributed by atoms with van der Waals surface area (Å²) in [5.41, 5.74) is 1.74. The fraction of sp³-hybridized carbons (Fsp3) is 0.300. The van der Waals surface area contributed by atoms with E-state index in [9.17, 15) is 9.59 Å². The van der Waals surface area contributed by atoms with E-state index in [-0.39, 0.29) is 5.56 Å². The van der Waals surface area contributed by atoms with Gasteiger partial charge in [0.05, 0.1) is 32.1 Å². The van der Waals surface area contributed by atoms with Gasteiger partial charge in [0.1, 0.15) is 5.75 Å². The number of esters is 1. The molecule has 2 aromatic rings. The zero-order valence-electron chi connectivity index (χ0n) is 15.8. The summed E-state index contributed by atoms with van der Waals surface area (Å²) in [6.45, 7) is 3.73. The Morgan fingerprint density at radius 3 is 2.33 bits per heavy atom. The second-order valence-electron chi connectivity index (χ2n) is 5.63. The molecule has 0 atom stereocenters. The Labute approximate surface area is 158 Å². The van der Waals surface area contributed by atoms with E-state index in [1.807, 2.05) is 19.9 Å². The molecule has 7 nitrogen and oxygen atoms in total. The standard InChI is InChI=1S/C20H23NO6/c1-5-26-18-11-14(7-9-17(18)25-4)20(23)27-12-19(22)21-15-10-13(2)6-8-16(15)24-3/h6-11H,5,12H2,1-4H3,(H,21,22). The minimum Gasteiger partial charge on any atom is -0.495 e. The number of methoxy groups -OCH3 is 2. The van der Waals surface area contributed by atoms with Crippen molar-refractivity contribution in [1.82, 2.24) is 0 Å². The lowest BCUT2D eigenvalue weighted by Gasteiger charge is -2.12. The fourth-order valence-electron chi connectivity index (χ4n) is 2.39. The topological polar surface area (TPSA) is 83.1 Å². The highest BCUT2D eigenvalue weighted by Gasteiger charge is 2.15. The minimum atomic E-state index is -0.634. The molecule has 144 valence electrons. The van der Waals surface area contributed by atoms with Gasteiger partial charge in [0.2, 0.25) is 0 Å². The summed E-state index contributed by atoms with van der Waals surface area (Å²) in [6, 6.07) is 10.1. The van der Waals surface area contributed by atoms with Gasteiger partial charge >= 0.3 is 5.97 Å². The summed E-state index contributed by atoms with van der Waals surface area (Å²) in [6.07, 6.45) is 0. The average Bonchev–Trinajstić information content (AvgIpc) is 2.66. The van der Waals surface area contributed by atoms with Crippen LogP contribution < -0.4 is 19.5 Å². The predicted molar refractivity (Wildman–Crippen MR) is 101 cm³/mol. The Morgan fingerprint density at radius 2 is 1.67 bits per heavy atom. The summed E-state index contributed by atoms with van der Waals surface area (Å²) in [7, 11) is 3.03. The van der Waals surface area contributed by atoms with E-state index in [1.165, 1.54) is 20.3 Å². The maximum atomic E-state index is 12.2. The van der Waals surface area contributed by atoms with Gasteiger partial charge in [-0.2, -0.15) is 0 Å². The molecule has 0 radical (unpaired) electrons. The normalized spacial score (nSPS) is 10.1. The highest BCUT2D eigenvalue weighted by atomic mass is 16.5. The molecule has 1 N–H and O–H groups in total. The first-order chi connectivity index (χ1) is 13.0. The number of hydrogen-bond acceptors (Lipinski definition) is 6. The Kier molecular flexibility index (Phi) is 7.05. The molecule has 0 heterocycles. The number of benzene rings is 2. The third kappa shape index (κ3) is 5.37. The van der Waals surface area contributed by atoms with E-state index in [4.69, 9.17) is 18.9 Å². The molecular weight excluding hydrogens is 350 g/mol. The number of rotatable bonds is 8. The molecule has 1 amide bonds. The first-order valence-corrected chi connectivity index (χ1v) is 8.41. The van der Waals surface area contributed by atoms with Crippen molar-refractivity contribution in [2.24, 2.45) is 0 Å². The summed E-state index contributed by atoms with van der Waals surface area (Å²) in [4.78, 5) is 24.3. The number of carbonyl (C=O) groups excluding carboxylic acids is 2. The SMILES string of the molecule is CCOc1cc(C(=O)OCC(=O)Nc2cc(C)ccc2OC)ccc1OC. The van der Waals surface area contributed by atoms with E-state index < -0.39 is 18.5 Å². The molecule has 0 aliphatic rings. The number of hydrogen-bond donors (Lipinski definition) is 1. The molecule has 0 spiro atoms. The van der Waals surface area contributed by atoms with Gasteiger partial charge in [-0.25, -0.2) is 4.79 Å². The van der Waals surface area contributed by atoms with Crippen LogP contribution >= 0.6 is 0 Å². The largest absolute Gasteiger partial charge is 0.495 e. The second-order valence-corrected chi connectivity index (χ2v) is 5.63. The van der Waals surface area contributed by atoms with Crippen molar-refractivity contribution in [2.75, 3.05) is 32.8 Å². The van der Waals surface area contributed by atoms with Crippen LogP contribution in [0.15, 0.2) is 36.4 Å². The minimum absolute atomic E-state index is 0.264. The number of nitrogens with one attached hydrogen (secondary N) is 1. The summed E-state index contributed by atoms with van der Waals surface area (Å²) < 4.78 is 20.9. The highest BCUT2D eigenvalue weighted by Crippen LogP contribution is 2.28. The van der Waals surface area contributed by atoms with Crippen molar-refractivity contribution in [3.63, 3.8) is 0 Å². The molecule has 0 saturated carbocycles. The predicted octanol–water partition coefficient (Wildman–Crippen LogP) is 3.21. The average molecular weight is 373 g/mol.